The number of rotatable bonds is 2. The van der Waals surface area contributed by atoms with Crippen molar-refractivity contribution in [3.8, 4) is 0 Å². The molecule has 6 heteroatoms. The molecule has 0 bridgehead atoms. The number of piperazine rings is 1. The number of hydrogen-bond acceptors (Lipinski definition) is 4. The Morgan fingerprint density at radius 1 is 1.09 bits per heavy atom. The first-order chi connectivity index (χ1) is 10.9. The Morgan fingerprint density at radius 2 is 1.78 bits per heavy atom. The molecule has 1 unspecified atom stereocenters. The lowest BCUT2D eigenvalue weighted by molar-refractivity contribution is -0.147. The summed E-state index contributed by atoms with van der Waals surface area (Å²) in [5.41, 5.74) is 0.120. The van der Waals surface area contributed by atoms with Crippen molar-refractivity contribution in [3.63, 3.8) is 0 Å². The van der Waals surface area contributed by atoms with Crippen LogP contribution in [0.3, 0.4) is 0 Å². The van der Waals surface area contributed by atoms with E-state index in [0.717, 1.165) is 58.5 Å². The molecule has 0 aromatic rings. The molecule has 23 heavy (non-hydrogen) atoms. The van der Waals surface area contributed by atoms with Gasteiger partial charge in [0.25, 0.3) is 0 Å². The standard InChI is InChI=1S/C17H30N4O2/c1-14(21-8-4-5-15(21)22)16(23)20-12-11-19(3)17(13-20)6-9-18(2)10-7-17/h14H,4-13H2,1-3H3. The highest BCUT2D eigenvalue weighted by Gasteiger charge is 2.44. The van der Waals surface area contributed by atoms with E-state index in [4.69, 9.17) is 0 Å². The van der Waals surface area contributed by atoms with Crippen molar-refractivity contribution in [3.05, 3.63) is 0 Å². The predicted molar refractivity (Wildman–Crippen MR) is 89.1 cm³/mol. The molecule has 3 aliphatic heterocycles. The minimum Gasteiger partial charge on any atom is -0.338 e. The predicted octanol–water partition coefficient (Wildman–Crippen LogP) is 0.236. The average Bonchev–Trinajstić information content (AvgIpc) is 2.97. The normalized spacial score (nSPS) is 27.7. The Hall–Kier alpha value is -1.14. The molecule has 0 aromatic carbocycles. The second-order valence-corrected chi connectivity index (χ2v) is 7.58. The zero-order valence-corrected chi connectivity index (χ0v) is 14.8. The lowest BCUT2D eigenvalue weighted by Gasteiger charge is -2.53. The van der Waals surface area contributed by atoms with Gasteiger partial charge in [0.15, 0.2) is 0 Å². The van der Waals surface area contributed by atoms with Crippen molar-refractivity contribution >= 4 is 11.8 Å². The maximum atomic E-state index is 12.9. The number of hydrogen-bond donors (Lipinski definition) is 0. The van der Waals surface area contributed by atoms with Crippen molar-refractivity contribution in [2.24, 2.45) is 0 Å². The van der Waals surface area contributed by atoms with E-state index in [0.29, 0.717) is 6.42 Å². The van der Waals surface area contributed by atoms with Crippen LogP contribution >= 0.6 is 0 Å². The average molecular weight is 322 g/mol. The van der Waals surface area contributed by atoms with Crippen LogP contribution in [0.25, 0.3) is 0 Å². The molecule has 3 fully saturated rings. The minimum atomic E-state index is -0.309. The first-order valence-electron chi connectivity index (χ1n) is 8.91. The van der Waals surface area contributed by atoms with Crippen LogP contribution in [-0.4, -0.2) is 96.4 Å². The number of likely N-dealkylation sites (tertiary alicyclic amines) is 2. The molecular weight excluding hydrogens is 292 g/mol. The third-order valence-corrected chi connectivity index (χ3v) is 6.16. The molecule has 0 saturated carbocycles. The van der Waals surface area contributed by atoms with Crippen molar-refractivity contribution in [1.29, 1.82) is 0 Å². The van der Waals surface area contributed by atoms with Gasteiger partial charge >= 0.3 is 0 Å². The topological polar surface area (TPSA) is 47.1 Å². The van der Waals surface area contributed by atoms with Gasteiger partial charge in [0.2, 0.25) is 11.8 Å². The fourth-order valence-corrected chi connectivity index (χ4v) is 4.30. The number of carbonyl (C=O) groups is 2. The Morgan fingerprint density at radius 3 is 2.39 bits per heavy atom. The van der Waals surface area contributed by atoms with Gasteiger partial charge in [0.1, 0.15) is 6.04 Å². The lowest BCUT2D eigenvalue weighted by atomic mass is 9.83. The maximum Gasteiger partial charge on any atom is 0.245 e. The van der Waals surface area contributed by atoms with Gasteiger partial charge in [-0.25, -0.2) is 0 Å². The molecule has 3 saturated heterocycles. The number of likely N-dealkylation sites (N-methyl/N-ethyl adjacent to an activating group) is 1. The summed E-state index contributed by atoms with van der Waals surface area (Å²) < 4.78 is 0. The van der Waals surface area contributed by atoms with E-state index in [-0.39, 0.29) is 23.4 Å². The van der Waals surface area contributed by atoms with E-state index < -0.39 is 0 Å². The van der Waals surface area contributed by atoms with E-state index in [2.05, 4.69) is 23.9 Å². The van der Waals surface area contributed by atoms with Gasteiger partial charge in [-0.1, -0.05) is 0 Å². The highest BCUT2D eigenvalue weighted by molar-refractivity contribution is 5.88. The summed E-state index contributed by atoms with van der Waals surface area (Å²) in [6, 6.07) is -0.309. The SMILES string of the molecule is CC(C(=O)N1CCN(C)C2(CCN(C)CC2)C1)N1CCCC1=O. The molecule has 6 nitrogen and oxygen atoms in total. The van der Waals surface area contributed by atoms with E-state index in [1.165, 1.54) is 0 Å². The van der Waals surface area contributed by atoms with Crippen LogP contribution < -0.4 is 0 Å². The molecule has 2 amide bonds. The molecule has 3 heterocycles. The summed E-state index contributed by atoms with van der Waals surface area (Å²) in [5.74, 6) is 0.264. The van der Waals surface area contributed by atoms with E-state index >= 15 is 0 Å². The second kappa shape index (κ2) is 6.40. The lowest BCUT2D eigenvalue weighted by Crippen LogP contribution is -2.66. The monoisotopic (exact) mass is 322 g/mol. The van der Waals surface area contributed by atoms with Crippen LogP contribution in [0.1, 0.15) is 32.6 Å². The summed E-state index contributed by atoms with van der Waals surface area (Å²) in [4.78, 5) is 33.5. The summed E-state index contributed by atoms with van der Waals surface area (Å²) in [6.45, 7) is 7.32. The molecule has 1 spiro atoms. The molecule has 0 radical (unpaired) electrons. The van der Waals surface area contributed by atoms with Gasteiger partial charge in [0, 0.05) is 38.1 Å². The summed E-state index contributed by atoms with van der Waals surface area (Å²) in [6.07, 6.45) is 3.70. The van der Waals surface area contributed by atoms with E-state index in [9.17, 15) is 9.59 Å². The van der Waals surface area contributed by atoms with Gasteiger partial charge in [-0.3, -0.25) is 14.5 Å². The molecule has 0 aliphatic carbocycles. The smallest absolute Gasteiger partial charge is 0.245 e. The highest BCUT2D eigenvalue weighted by atomic mass is 16.2. The van der Waals surface area contributed by atoms with Crippen LogP contribution in [-0.2, 0) is 9.59 Å². The van der Waals surface area contributed by atoms with Gasteiger partial charge in [-0.2, -0.15) is 0 Å². The molecule has 0 N–H and O–H groups in total. The summed E-state index contributed by atoms with van der Waals surface area (Å²) in [7, 11) is 4.36. The third kappa shape index (κ3) is 3.11. The fraction of sp³-hybridized carbons (Fsp3) is 0.882. The zero-order chi connectivity index (χ0) is 16.6. The number of carbonyl (C=O) groups excluding carboxylic acids is 2. The Labute approximate surface area is 139 Å². The zero-order valence-electron chi connectivity index (χ0n) is 14.8. The molecule has 0 aromatic heterocycles. The molecule has 130 valence electrons. The van der Waals surface area contributed by atoms with Crippen LogP contribution in [0.4, 0.5) is 0 Å². The van der Waals surface area contributed by atoms with Gasteiger partial charge in [0.05, 0.1) is 0 Å². The summed E-state index contributed by atoms with van der Waals surface area (Å²) >= 11 is 0. The van der Waals surface area contributed by atoms with Crippen LogP contribution in [0, 0.1) is 0 Å². The van der Waals surface area contributed by atoms with Crippen LogP contribution in [0.5, 0.6) is 0 Å². The Kier molecular flexibility index (Phi) is 4.65. The van der Waals surface area contributed by atoms with Crippen LogP contribution in [0.2, 0.25) is 0 Å². The Balaban J connectivity index is 1.68. The largest absolute Gasteiger partial charge is 0.338 e. The van der Waals surface area contributed by atoms with Gasteiger partial charge in [-0.15, -0.1) is 0 Å². The number of amides is 2. The molecule has 3 rings (SSSR count). The third-order valence-electron chi connectivity index (χ3n) is 6.16. The fourth-order valence-electron chi connectivity index (χ4n) is 4.30. The maximum absolute atomic E-state index is 12.9. The van der Waals surface area contributed by atoms with Gasteiger partial charge < -0.3 is 14.7 Å². The van der Waals surface area contributed by atoms with Crippen molar-refractivity contribution < 1.29 is 9.59 Å². The first-order valence-corrected chi connectivity index (χ1v) is 8.91. The quantitative estimate of drug-likeness (QED) is 0.730. The van der Waals surface area contributed by atoms with Crippen molar-refractivity contribution in [1.82, 2.24) is 19.6 Å². The Bertz CT molecular complexity index is 473. The highest BCUT2D eigenvalue weighted by Crippen LogP contribution is 2.31. The molecular formula is C17H30N4O2. The van der Waals surface area contributed by atoms with E-state index in [1.807, 2.05) is 11.8 Å². The molecule has 3 aliphatic rings. The second-order valence-electron chi connectivity index (χ2n) is 7.58. The molecule has 1 atom stereocenters. The van der Waals surface area contributed by atoms with Crippen LogP contribution in [0.15, 0.2) is 0 Å². The van der Waals surface area contributed by atoms with Crippen molar-refractivity contribution in [2.45, 2.75) is 44.2 Å². The van der Waals surface area contributed by atoms with Crippen molar-refractivity contribution in [2.75, 3.05) is 53.4 Å². The summed E-state index contributed by atoms with van der Waals surface area (Å²) in [5, 5.41) is 0. The van der Waals surface area contributed by atoms with Gasteiger partial charge in [-0.05, 0) is 53.4 Å². The number of nitrogens with zero attached hydrogens (tertiary/aromatic N) is 4. The van der Waals surface area contributed by atoms with E-state index in [1.54, 1.807) is 4.90 Å². The number of piperidine rings is 1. The first kappa shape index (κ1) is 16.7. The minimum absolute atomic E-state index is 0.120.